The van der Waals surface area contributed by atoms with E-state index in [1.807, 2.05) is 0 Å². The molecular weight excluding hydrogens is 254 g/mol. The molecule has 0 fully saturated rings. The summed E-state index contributed by atoms with van der Waals surface area (Å²) in [4.78, 5) is 23.0. The van der Waals surface area contributed by atoms with Gasteiger partial charge in [0.1, 0.15) is 17.8 Å². The molecule has 0 heterocycles. The zero-order valence-corrected chi connectivity index (χ0v) is 11.1. The van der Waals surface area contributed by atoms with E-state index in [1.165, 1.54) is 6.07 Å². The number of rotatable bonds is 4. The fraction of sp³-hybridized carbons (Fsp3) is 0.429. The largest absolute Gasteiger partial charge is 0.460 e. The van der Waals surface area contributed by atoms with Gasteiger partial charge in [-0.25, -0.2) is 8.78 Å². The van der Waals surface area contributed by atoms with Crippen LogP contribution in [0.25, 0.3) is 0 Å². The highest BCUT2D eigenvalue weighted by Gasteiger charge is 2.19. The van der Waals surface area contributed by atoms with Gasteiger partial charge in [-0.3, -0.25) is 9.59 Å². The number of Topliss-reactive ketones (excluding diaryl/α,β-unsaturated/α-hetero) is 1. The normalized spacial score (nSPS) is 11.2. The average Bonchev–Trinajstić information content (AvgIpc) is 2.20. The number of carbonyl (C=O) groups is 2. The number of hydrogen-bond donors (Lipinski definition) is 0. The molecule has 0 aliphatic carbocycles. The second-order valence-corrected chi connectivity index (χ2v) is 5.23. The van der Waals surface area contributed by atoms with Gasteiger partial charge in [0.15, 0.2) is 11.6 Å². The van der Waals surface area contributed by atoms with Crippen LogP contribution in [0.1, 0.15) is 32.8 Å². The van der Waals surface area contributed by atoms with Gasteiger partial charge >= 0.3 is 5.97 Å². The number of hydrogen-bond acceptors (Lipinski definition) is 3. The van der Waals surface area contributed by atoms with E-state index in [4.69, 9.17) is 4.74 Å². The first-order valence-electron chi connectivity index (χ1n) is 5.85. The summed E-state index contributed by atoms with van der Waals surface area (Å²) in [5.41, 5.74) is -0.327. The van der Waals surface area contributed by atoms with Gasteiger partial charge in [0.2, 0.25) is 0 Å². The molecule has 1 aromatic rings. The smallest absolute Gasteiger partial charge is 0.313 e. The van der Waals surface area contributed by atoms with Gasteiger partial charge in [0.25, 0.3) is 0 Å². The Morgan fingerprint density at radius 1 is 1.16 bits per heavy atom. The molecule has 0 N–H and O–H groups in total. The topological polar surface area (TPSA) is 43.4 Å². The first-order chi connectivity index (χ1) is 8.67. The van der Waals surface area contributed by atoms with Crippen LogP contribution in [0.5, 0.6) is 0 Å². The van der Waals surface area contributed by atoms with E-state index in [0.717, 1.165) is 12.1 Å². The lowest BCUT2D eigenvalue weighted by atomic mass is 10.1. The van der Waals surface area contributed by atoms with Crippen molar-refractivity contribution in [2.24, 2.45) is 0 Å². The van der Waals surface area contributed by atoms with Crippen LogP contribution in [-0.2, 0) is 20.7 Å². The molecule has 0 saturated carbocycles. The monoisotopic (exact) mass is 270 g/mol. The average molecular weight is 270 g/mol. The molecule has 0 amide bonds. The van der Waals surface area contributed by atoms with Crippen LogP contribution in [0.15, 0.2) is 18.2 Å². The van der Waals surface area contributed by atoms with Crippen LogP contribution in [0.4, 0.5) is 8.78 Å². The standard InChI is InChI=1S/C14H16F2O3/c1-14(2,3)19-13(18)8-10(17)6-9-4-5-11(15)12(16)7-9/h4-5,7H,6,8H2,1-3H3. The molecule has 1 rings (SSSR count). The number of benzene rings is 1. The summed E-state index contributed by atoms with van der Waals surface area (Å²) in [5.74, 6) is -3.01. The Balaban J connectivity index is 2.56. The minimum absolute atomic E-state index is 0.129. The van der Waals surface area contributed by atoms with Gasteiger partial charge in [-0.1, -0.05) is 6.07 Å². The Morgan fingerprint density at radius 2 is 1.79 bits per heavy atom. The number of ketones is 1. The molecule has 0 aromatic heterocycles. The van der Waals surface area contributed by atoms with Gasteiger partial charge in [-0.2, -0.15) is 0 Å². The zero-order valence-electron chi connectivity index (χ0n) is 11.1. The first-order valence-corrected chi connectivity index (χ1v) is 5.85. The number of halogens is 2. The van der Waals surface area contributed by atoms with Crippen molar-refractivity contribution in [1.82, 2.24) is 0 Å². The van der Waals surface area contributed by atoms with Crippen molar-refractivity contribution in [3.63, 3.8) is 0 Å². The number of ether oxygens (including phenoxy) is 1. The predicted molar refractivity (Wildman–Crippen MR) is 65.5 cm³/mol. The molecular formula is C14H16F2O3. The van der Waals surface area contributed by atoms with Crippen LogP contribution < -0.4 is 0 Å². The molecule has 0 bridgehead atoms. The number of carbonyl (C=O) groups excluding carboxylic acids is 2. The van der Waals surface area contributed by atoms with Gasteiger partial charge in [-0.15, -0.1) is 0 Å². The van der Waals surface area contributed by atoms with Crippen molar-refractivity contribution in [3.8, 4) is 0 Å². The minimum Gasteiger partial charge on any atom is -0.460 e. The Hall–Kier alpha value is -1.78. The molecule has 0 saturated heterocycles. The highest BCUT2D eigenvalue weighted by atomic mass is 19.2. The number of esters is 1. The lowest BCUT2D eigenvalue weighted by Gasteiger charge is -2.19. The van der Waals surface area contributed by atoms with E-state index in [9.17, 15) is 18.4 Å². The molecule has 0 aliphatic rings. The maximum Gasteiger partial charge on any atom is 0.313 e. The highest BCUT2D eigenvalue weighted by molar-refractivity contribution is 5.96. The third-order valence-electron chi connectivity index (χ3n) is 2.15. The summed E-state index contributed by atoms with van der Waals surface area (Å²) >= 11 is 0. The Labute approximate surface area is 110 Å². The van der Waals surface area contributed by atoms with Crippen molar-refractivity contribution in [3.05, 3.63) is 35.4 Å². The Morgan fingerprint density at radius 3 is 2.32 bits per heavy atom. The molecule has 0 radical (unpaired) electrons. The van der Waals surface area contributed by atoms with E-state index in [2.05, 4.69) is 0 Å². The van der Waals surface area contributed by atoms with E-state index in [-0.39, 0.29) is 12.8 Å². The zero-order chi connectivity index (χ0) is 14.6. The fourth-order valence-corrected chi connectivity index (χ4v) is 1.48. The highest BCUT2D eigenvalue weighted by Crippen LogP contribution is 2.12. The van der Waals surface area contributed by atoms with Crippen LogP contribution in [0, 0.1) is 11.6 Å². The molecule has 104 valence electrons. The summed E-state index contributed by atoms with van der Waals surface area (Å²) in [6.45, 7) is 5.10. The van der Waals surface area contributed by atoms with E-state index in [0.29, 0.717) is 5.56 Å². The molecule has 19 heavy (non-hydrogen) atoms. The molecule has 0 atom stereocenters. The summed E-state index contributed by atoms with van der Waals surface area (Å²) < 4.78 is 30.6. The fourth-order valence-electron chi connectivity index (χ4n) is 1.48. The van der Waals surface area contributed by atoms with Crippen molar-refractivity contribution >= 4 is 11.8 Å². The molecule has 0 spiro atoms. The van der Waals surface area contributed by atoms with E-state index in [1.54, 1.807) is 20.8 Å². The quantitative estimate of drug-likeness (QED) is 0.624. The molecule has 0 aliphatic heterocycles. The summed E-state index contributed by atoms with van der Waals surface area (Å²) in [6, 6.07) is 3.21. The van der Waals surface area contributed by atoms with E-state index < -0.39 is 29.0 Å². The van der Waals surface area contributed by atoms with Crippen molar-refractivity contribution in [1.29, 1.82) is 0 Å². The second-order valence-electron chi connectivity index (χ2n) is 5.23. The third-order valence-corrected chi connectivity index (χ3v) is 2.15. The van der Waals surface area contributed by atoms with Gasteiger partial charge < -0.3 is 4.74 Å². The van der Waals surface area contributed by atoms with Crippen molar-refractivity contribution < 1.29 is 23.1 Å². The lowest BCUT2D eigenvalue weighted by Crippen LogP contribution is -2.25. The minimum atomic E-state index is -1.01. The van der Waals surface area contributed by atoms with Crippen LogP contribution in [0.3, 0.4) is 0 Å². The third kappa shape index (κ3) is 5.59. The lowest BCUT2D eigenvalue weighted by molar-refractivity contribution is -0.156. The van der Waals surface area contributed by atoms with Crippen molar-refractivity contribution in [2.75, 3.05) is 0 Å². The van der Waals surface area contributed by atoms with Gasteiger partial charge in [0.05, 0.1) is 0 Å². The molecule has 5 heteroatoms. The maximum absolute atomic E-state index is 12.9. The maximum atomic E-state index is 12.9. The van der Waals surface area contributed by atoms with Gasteiger partial charge in [0, 0.05) is 6.42 Å². The van der Waals surface area contributed by atoms with Crippen LogP contribution >= 0.6 is 0 Å². The second kappa shape index (κ2) is 5.91. The van der Waals surface area contributed by atoms with Crippen LogP contribution in [0.2, 0.25) is 0 Å². The Bertz CT molecular complexity index is 490. The molecule has 1 aromatic carbocycles. The summed E-state index contributed by atoms with van der Waals surface area (Å²) in [7, 11) is 0. The van der Waals surface area contributed by atoms with Crippen molar-refractivity contribution in [2.45, 2.75) is 39.2 Å². The molecule has 3 nitrogen and oxygen atoms in total. The molecule has 0 unspecified atom stereocenters. The SMILES string of the molecule is CC(C)(C)OC(=O)CC(=O)Cc1ccc(F)c(F)c1. The summed E-state index contributed by atoms with van der Waals surface area (Å²) in [5, 5.41) is 0. The van der Waals surface area contributed by atoms with E-state index >= 15 is 0 Å². The predicted octanol–water partition coefficient (Wildman–Crippen LogP) is 2.81. The van der Waals surface area contributed by atoms with Gasteiger partial charge in [-0.05, 0) is 38.5 Å². The Kier molecular flexibility index (Phi) is 4.75. The summed E-state index contributed by atoms with van der Waals surface area (Å²) in [6.07, 6.45) is -0.507. The first kappa shape index (κ1) is 15.3. The van der Waals surface area contributed by atoms with Crippen LogP contribution in [-0.4, -0.2) is 17.4 Å².